The van der Waals surface area contributed by atoms with Gasteiger partial charge in [-0.15, -0.1) is 0 Å². The van der Waals surface area contributed by atoms with Crippen molar-refractivity contribution in [3.8, 4) is 0 Å². The minimum absolute atomic E-state index is 0.236. The molecule has 0 amide bonds. The Morgan fingerprint density at radius 1 is 1.42 bits per heavy atom. The second-order valence-electron chi connectivity index (χ2n) is 2.68. The summed E-state index contributed by atoms with van der Waals surface area (Å²) in [6, 6.07) is 0. The van der Waals surface area contributed by atoms with Crippen LogP contribution in [-0.4, -0.2) is 18.7 Å². The molecule has 1 aromatic rings. The van der Waals surface area contributed by atoms with Crippen LogP contribution in [0.15, 0.2) is 17.3 Å². The van der Waals surface area contributed by atoms with E-state index in [4.69, 9.17) is 4.55 Å². The lowest BCUT2D eigenvalue weighted by Gasteiger charge is -2.01. The molecular formula is C7H10N2O2S. The smallest absolute Gasteiger partial charge is 0.189 e. The lowest BCUT2D eigenvalue weighted by atomic mass is 10.2. The maximum absolute atomic E-state index is 10.5. The highest BCUT2D eigenvalue weighted by atomic mass is 32.2. The van der Waals surface area contributed by atoms with Crippen molar-refractivity contribution < 1.29 is 8.76 Å². The predicted octanol–water partition coefficient (Wildman–Crippen LogP) is 1.18. The number of hydrogen-bond acceptors (Lipinski definition) is 3. The Morgan fingerprint density at radius 2 is 1.92 bits per heavy atom. The highest BCUT2D eigenvalue weighted by Crippen LogP contribution is 2.08. The van der Waals surface area contributed by atoms with Gasteiger partial charge in [-0.25, -0.2) is 14.2 Å². The first-order valence-corrected chi connectivity index (χ1v) is 4.64. The second-order valence-corrected chi connectivity index (χ2v) is 3.65. The average Bonchev–Trinajstić information content (AvgIpc) is 2.04. The standard InChI is InChI=1S/C7H10N2O2S/c1-5(2)7-8-3-6(4-9-7)12(10)11/h3-5H,1-2H3,(H,10,11). The van der Waals surface area contributed by atoms with Crippen LogP contribution in [0, 0.1) is 0 Å². The number of hydrogen-bond donors (Lipinski definition) is 1. The zero-order valence-electron chi connectivity index (χ0n) is 6.89. The maximum atomic E-state index is 10.5. The van der Waals surface area contributed by atoms with E-state index >= 15 is 0 Å². The molecule has 1 unspecified atom stereocenters. The third-order valence-electron chi connectivity index (χ3n) is 1.37. The number of nitrogens with zero attached hydrogens (tertiary/aromatic N) is 2. The first-order chi connectivity index (χ1) is 5.61. The van der Waals surface area contributed by atoms with Gasteiger partial charge < -0.3 is 4.55 Å². The minimum atomic E-state index is -1.98. The normalized spacial score (nSPS) is 13.3. The van der Waals surface area contributed by atoms with Crippen molar-refractivity contribution in [1.82, 2.24) is 9.97 Å². The summed E-state index contributed by atoms with van der Waals surface area (Å²) in [6.07, 6.45) is 2.75. The molecule has 0 saturated heterocycles. The van der Waals surface area contributed by atoms with Crippen LogP contribution in [0.25, 0.3) is 0 Å². The molecule has 0 fully saturated rings. The molecular weight excluding hydrogens is 176 g/mol. The predicted molar refractivity (Wildman–Crippen MR) is 45.2 cm³/mol. The Morgan fingerprint density at radius 3 is 2.25 bits per heavy atom. The van der Waals surface area contributed by atoms with Crippen LogP contribution in [0.1, 0.15) is 25.6 Å². The van der Waals surface area contributed by atoms with Gasteiger partial charge in [0.05, 0.1) is 0 Å². The molecule has 5 heteroatoms. The van der Waals surface area contributed by atoms with Gasteiger partial charge in [-0.3, -0.25) is 0 Å². The van der Waals surface area contributed by atoms with Gasteiger partial charge in [-0.2, -0.15) is 0 Å². The fraction of sp³-hybridized carbons (Fsp3) is 0.429. The highest BCUT2D eigenvalue weighted by Gasteiger charge is 2.04. The third-order valence-corrected chi connectivity index (χ3v) is 1.98. The van der Waals surface area contributed by atoms with Crippen molar-refractivity contribution in [3.63, 3.8) is 0 Å². The third kappa shape index (κ3) is 2.09. The summed E-state index contributed by atoms with van der Waals surface area (Å²) >= 11 is -1.98. The first-order valence-electron chi connectivity index (χ1n) is 3.54. The Hall–Kier alpha value is -0.810. The van der Waals surface area contributed by atoms with E-state index in [0.717, 1.165) is 0 Å². The lowest BCUT2D eigenvalue weighted by Crippen LogP contribution is -1.99. The summed E-state index contributed by atoms with van der Waals surface area (Å²) in [4.78, 5) is 8.11. The summed E-state index contributed by atoms with van der Waals surface area (Å²) in [5, 5.41) is 0. The van der Waals surface area contributed by atoms with Crippen LogP contribution in [-0.2, 0) is 11.1 Å². The first kappa shape index (κ1) is 9.28. The van der Waals surface area contributed by atoms with Crippen molar-refractivity contribution in [2.24, 2.45) is 0 Å². The zero-order valence-corrected chi connectivity index (χ0v) is 7.71. The van der Waals surface area contributed by atoms with Gasteiger partial charge in [0, 0.05) is 18.3 Å². The van der Waals surface area contributed by atoms with Crippen LogP contribution in [0.4, 0.5) is 0 Å². The van der Waals surface area contributed by atoms with Crippen LogP contribution in [0.3, 0.4) is 0 Å². The highest BCUT2D eigenvalue weighted by molar-refractivity contribution is 7.79. The number of aromatic nitrogens is 2. The van der Waals surface area contributed by atoms with Gasteiger partial charge in [0.2, 0.25) is 0 Å². The zero-order chi connectivity index (χ0) is 9.14. The molecule has 0 aromatic carbocycles. The molecule has 0 radical (unpaired) electrons. The Bertz CT molecular complexity index is 284. The second kappa shape index (κ2) is 3.73. The summed E-state index contributed by atoms with van der Waals surface area (Å²) in [6.45, 7) is 3.93. The molecule has 0 aliphatic rings. The van der Waals surface area contributed by atoms with Crippen molar-refractivity contribution >= 4 is 11.1 Å². The summed E-state index contributed by atoms with van der Waals surface area (Å²) in [7, 11) is 0. The van der Waals surface area contributed by atoms with Gasteiger partial charge >= 0.3 is 0 Å². The van der Waals surface area contributed by atoms with Crippen LogP contribution in [0.2, 0.25) is 0 Å². The van der Waals surface area contributed by atoms with Gasteiger partial charge in [0.15, 0.2) is 11.1 Å². The minimum Gasteiger partial charge on any atom is -0.302 e. The molecule has 1 rings (SSSR count). The molecule has 0 saturated carbocycles. The Kier molecular flexibility index (Phi) is 2.88. The van der Waals surface area contributed by atoms with E-state index in [1.165, 1.54) is 12.4 Å². The van der Waals surface area contributed by atoms with E-state index in [1.807, 2.05) is 13.8 Å². The van der Waals surface area contributed by atoms with E-state index in [2.05, 4.69) is 9.97 Å². The molecule has 0 aliphatic heterocycles. The van der Waals surface area contributed by atoms with Gasteiger partial charge in [-0.1, -0.05) is 13.8 Å². The molecule has 1 aromatic heterocycles. The molecule has 0 aliphatic carbocycles. The summed E-state index contributed by atoms with van der Waals surface area (Å²) < 4.78 is 19.2. The fourth-order valence-corrected chi connectivity index (χ4v) is 1.00. The van der Waals surface area contributed by atoms with Gasteiger partial charge in [0.25, 0.3) is 0 Å². The van der Waals surface area contributed by atoms with Crippen molar-refractivity contribution in [2.75, 3.05) is 0 Å². The van der Waals surface area contributed by atoms with E-state index in [0.29, 0.717) is 5.82 Å². The van der Waals surface area contributed by atoms with Crippen molar-refractivity contribution in [2.45, 2.75) is 24.7 Å². The molecule has 4 nitrogen and oxygen atoms in total. The average molecular weight is 186 g/mol. The summed E-state index contributed by atoms with van der Waals surface area (Å²) in [5.41, 5.74) is 0. The molecule has 66 valence electrons. The topological polar surface area (TPSA) is 63.1 Å². The molecule has 1 heterocycles. The molecule has 12 heavy (non-hydrogen) atoms. The Labute approximate surface area is 73.3 Å². The molecule has 1 N–H and O–H groups in total. The molecule has 0 spiro atoms. The van der Waals surface area contributed by atoms with Gasteiger partial charge in [-0.05, 0) is 0 Å². The maximum Gasteiger partial charge on any atom is 0.189 e. The van der Waals surface area contributed by atoms with Crippen LogP contribution < -0.4 is 0 Å². The van der Waals surface area contributed by atoms with Crippen LogP contribution in [0.5, 0.6) is 0 Å². The van der Waals surface area contributed by atoms with Gasteiger partial charge in [0.1, 0.15) is 10.7 Å². The quantitative estimate of drug-likeness (QED) is 0.704. The monoisotopic (exact) mass is 186 g/mol. The van der Waals surface area contributed by atoms with E-state index < -0.39 is 11.1 Å². The number of rotatable bonds is 2. The SMILES string of the molecule is CC(C)c1ncc(S(=O)O)cn1. The largest absolute Gasteiger partial charge is 0.302 e. The summed E-state index contributed by atoms with van der Waals surface area (Å²) in [5.74, 6) is 0.926. The van der Waals surface area contributed by atoms with Crippen molar-refractivity contribution in [1.29, 1.82) is 0 Å². The van der Waals surface area contributed by atoms with E-state index in [9.17, 15) is 4.21 Å². The van der Waals surface area contributed by atoms with E-state index in [-0.39, 0.29) is 10.8 Å². The van der Waals surface area contributed by atoms with Crippen LogP contribution >= 0.6 is 0 Å². The van der Waals surface area contributed by atoms with Crippen molar-refractivity contribution in [3.05, 3.63) is 18.2 Å². The van der Waals surface area contributed by atoms with E-state index in [1.54, 1.807) is 0 Å². The molecule has 1 atom stereocenters. The fourth-order valence-electron chi connectivity index (χ4n) is 0.714. The lowest BCUT2D eigenvalue weighted by molar-refractivity contribution is 0.563. The Balaban J connectivity index is 2.93. The molecule has 0 bridgehead atoms.